The molecule has 1 aliphatic heterocycles. The first-order chi connectivity index (χ1) is 28.9. The van der Waals surface area contributed by atoms with Gasteiger partial charge in [-0.15, -0.1) is 0 Å². The molecule has 3 aliphatic carbocycles. The first-order valence-corrected chi connectivity index (χ1v) is 22.3. The minimum absolute atomic E-state index is 0.0111. The summed E-state index contributed by atoms with van der Waals surface area (Å²) in [6, 6.07) is 19.5. The van der Waals surface area contributed by atoms with E-state index in [4.69, 9.17) is 0 Å². The number of hydrogen-bond acceptors (Lipinski definition) is 8. The Hall–Kier alpha value is -3.73. The molecule has 0 saturated heterocycles. The Morgan fingerprint density at radius 1 is 1.05 bits per heavy atom. The maximum Gasteiger partial charge on any atom is 0.145 e. The van der Waals surface area contributed by atoms with E-state index in [1.54, 1.807) is 0 Å². The molecule has 4 aliphatic rings. The van der Waals surface area contributed by atoms with Gasteiger partial charge in [0.25, 0.3) is 0 Å². The van der Waals surface area contributed by atoms with Crippen LogP contribution in [0.4, 0.5) is 0 Å². The number of aldehydes is 1. The average molecular weight is 819 g/mol. The van der Waals surface area contributed by atoms with E-state index in [9.17, 15) is 30.3 Å². The minimum atomic E-state index is -1.25. The summed E-state index contributed by atoms with van der Waals surface area (Å²) < 4.78 is 0. The Kier molecular flexibility index (Phi) is 15.6. The molecule has 7 N–H and O–H groups in total. The number of nitrogens with one attached hydrogen (secondary N) is 2. The van der Waals surface area contributed by atoms with Crippen molar-refractivity contribution in [2.75, 3.05) is 26.8 Å². The molecular weight excluding hydrogens is 749 g/mol. The molecule has 4 bridgehead atoms. The number of carbonyl (C=O) groups excluding carboxylic acids is 1. The van der Waals surface area contributed by atoms with Crippen LogP contribution < -0.4 is 10.6 Å². The van der Waals surface area contributed by atoms with Gasteiger partial charge >= 0.3 is 0 Å². The largest absolute Gasteiger partial charge is 0.396 e. The van der Waals surface area contributed by atoms with Crippen LogP contribution in [0.3, 0.4) is 0 Å². The standard InChI is InChI=1S/C52H70N2O6/c1-34(44-21-17-35(2)50(59)54-37(4)29-39-14-10-15-41(30-39)45(44)22-18-38-12-7-6-8-13-38)11-9-16-43(33-57)46-23-25-52(49(46)58)48-40(24-28-55)19-20-42(47(48)36(3)32-56)31-51(52,60)26-27-53-5/h6-17,19-20,30,32,37,40,42,44-46,48-50,53-55,57-60H,1,18,21-29,31,33H2,2-5H3. The molecule has 1 heterocycles. The lowest BCUT2D eigenvalue weighted by Crippen LogP contribution is -2.65. The van der Waals surface area contributed by atoms with Crippen LogP contribution in [0, 0.1) is 35.0 Å². The molecule has 324 valence electrons. The normalized spacial score (nSPS) is 34.2. The highest BCUT2D eigenvalue weighted by Crippen LogP contribution is 2.67. The molecule has 11 unspecified atom stereocenters. The quantitative estimate of drug-likeness (QED) is 0.0466. The molecule has 8 heteroatoms. The van der Waals surface area contributed by atoms with E-state index in [1.807, 2.05) is 45.2 Å². The molecule has 0 amide bonds. The number of aliphatic hydroxyl groups is 5. The van der Waals surface area contributed by atoms with Crippen LogP contribution in [0.25, 0.3) is 0 Å². The highest BCUT2D eigenvalue weighted by atomic mass is 16.3. The van der Waals surface area contributed by atoms with Crippen LogP contribution in [0.2, 0.25) is 0 Å². The smallest absolute Gasteiger partial charge is 0.145 e. The molecular formula is C52H70N2O6. The Morgan fingerprint density at radius 3 is 2.55 bits per heavy atom. The van der Waals surface area contributed by atoms with Crippen molar-refractivity contribution in [1.29, 1.82) is 0 Å². The van der Waals surface area contributed by atoms with E-state index in [1.165, 1.54) is 16.7 Å². The van der Waals surface area contributed by atoms with Crippen LogP contribution in [0.15, 0.2) is 125 Å². The SMILES string of the molecule is C=C(C=CC=C(CO)C1CCC2(C1O)C1C(=C(C)C=O)C(C=CC1CCO)CC2(O)CCNC)C1CC=C(C)C(O)NC(C)Cc2cccc(c2)C1CCc1ccccc1. The second kappa shape index (κ2) is 20.4. The zero-order valence-electron chi connectivity index (χ0n) is 36.3. The van der Waals surface area contributed by atoms with Crippen LogP contribution in [-0.4, -0.2) is 82.6 Å². The highest BCUT2D eigenvalue weighted by Gasteiger charge is 2.68. The fourth-order valence-corrected chi connectivity index (χ4v) is 11.7. The predicted octanol–water partition coefficient (Wildman–Crippen LogP) is 7.06. The number of carbonyl (C=O) groups is 1. The molecule has 0 aromatic heterocycles. The van der Waals surface area contributed by atoms with Gasteiger partial charge in [0.1, 0.15) is 12.5 Å². The van der Waals surface area contributed by atoms with Crippen LogP contribution in [-0.2, 0) is 17.6 Å². The van der Waals surface area contributed by atoms with Gasteiger partial charge in [0.15, 0.2) is 0 Å². The summed E-state index contributed by atoms with van der Waals surface area (Å²) in [4.78, 5) is 12.4. The predicted molar refractivity (Wildman–Crippen MR) is 241 cm³/mol. The van der Waals surface area contributed by atoms with Crippen LogP contribution in [0.1, 0.15) is 88.3 Å². The van der Waals surface area contributed by atoms with E-state index in [0.29, 0.717) is 56.2 Å². The fraction of sp³-hybridized carbons (Fsp3) is 0.519. The molecule has 11 atom stereocenters. The van der Waals surface area contributed by atoms with Crippen molar-refractivity contribution >= 4 is 6.29 Å². The second-order valence-corrected chi connectivity index (χ2v) is 18.3. The molecule has 60 heavy (non-hydrogen) atoms. The number of rotatable bonds is 14. The van der Waals surface area contributed by atoms with E-state index in [2.05, 4.69) is 90.9 Å². The maximum absolute atomic E-state index is 12.9. The van der Waals surface area contributed by atoms with Gasteiger partial charge in [0.05, 0.1) is 18.3 Å². The summed E-state index contributed by atoms with van der Waals surface area (Å²) in [5.41, 5.74) is 5.63. The Bertz CT molecular complexity index is 1950. The summed E-state index contributed by atoms with van der Waals surface area (Å²) in [6.45, 7) is 10.8. The number of aliphatic hydroxyl groups excluding tert-OH is 4. The summed E-state index contributed by atoms with van der Waals surface area (Å²) in [5, 5.41) is 64.4. The Labute approximate surface area is 358 Å². The first kappa shape index (κ1) is 45.8. The number of hydrogen-bond donors (Lipinski definition) is 7. The average Bonchev–Trinajstić information content (AvgIpc) is 3.59. The van der Waals surface area contributed by atoms with Gasteiger partial charge in [-0.2, -0.15) is 0 Å². The molecule has 2 fully saturated rings. The van der Waals surface area contributed by atoms with Crippen molar-refractivity contribution in [2.45, 2.75) is 108 Å². The van der Waals surface area contributed by atoms with Gasteiger partial charge in [-0.25, -0.2) is 0 Å². The van der Waals surface area contributed by atoms with E-state index in [0.717, 1.165) is 42.3 Å². The molecule has 2 saturated carbocycles. The van der Waals surface area contributed by atoms with E-state index >= 15 is 0 Å². The third kappa shape index (κ3) is 9.51. The minimum Gasteiger partial charge on any atom is -0.396 e. The van der Waals surface area contributed by atoms with E-state index < -0.39 is 29.3 Å². The maximum atomic E-state index is 12.9. The van der Waals surface area contributed by atoms with Gasteiger partial charge in [-0.1, -0.05) is 109 Å². The lowest BCUT2D eigenvalue weighted by Gasteiger charge is -2.61. The lowest BCUT2D eigenvalue weighted by atomic mass is 9.45. The Balaban J connectivity index is 1.35. The van der Waals surface area contributed by atoms with Gasteiger partial charge in [-0.05, 0) is 149 Å². The summed E-state index contributed by atoms with van der Waals surface area (Å²) in [7, 11) is 1.86. The van der Waals surface area contributed by atoms with Gasteiger partial charge in [-0.3, -0.25) is 10.1 Å². The first-order valence-electron chi connectivity index (χ1n) is 22.3. The zero-order chi connectivity index (χ0) is 43.0. The highest BCUT2D eigenvalue weighted by molar-refractivity contribution is 5.74. The van der Waals surface area contributed by atoms with Crippen molar-refractivity contribution in [2.24, 2.45) is 35.0 Å². The molecule has 2 aromatic carbocycles. The molecule has 8 nitrogen and oxygen atoms in total. The van der Waals surface area contributed by atoms with Crippen molar-refractivity contribution in [1.82, 2.24) is 10.6 Å². The van der Waals surface area contributed by atoms with Gasteiger partial charge < -0.3 is 30.8 Å². The molecule has 2 aromatic rings. The fourth-order valence-electron chi connectivity index (χ4n) is 11.7. The number of fused-ring (bicyclic) bond motifs is 5. The van der Waals surface area contributed by atoms with Gasteiger partial charge in [0.2, 0.25) is 0 Å². The van der Waals surface area contributed by atoms with Crippen LogP contribution >= 0.6 is 0 Å². The monoisotopic (exact) mass is 819 g/mol. The number of aryl methyl sites for hydroxylation is 1. The zero-order valence-corrected chi connectivity index (χ0v) is 36.3. The lowest BCUT2D eigenvalue weighted by molar-refractivity contribution is -0.194. The third-order valence-electron chi connectivity index (χ3n) is 14.7. The van der Waals surface area contributed by atoms with Crippen molar-refractivity contribution in [3.05, 3.63) is 142 Å². The number of benzene rings is 2. The topological polar surface area (TPSA) is 142 Å². The molecule has 1 spiro atoms. The molecule has 6 rings (SSSR count). The summed E-state index contributed by atoms with van der Waals surface area (Å²) in [5.74, 6) is -0.896. The second-order valence-electron chi connectivity index (χ2n) is 18.3. The van der Waals surface area contributed by atoms with Crippen molar-refractivity contribution in [3.8, 4) is 0 Å². The summed E-state index contributed by atoms with van der Waals surface area (Å²) in [6.07, 6.45) is 17.1. The number of allylic oxidation sites excluding steroid dienone is 9. The Morgan fingerprint density at radius 2 is 1.83 bits per heavy atom. The van der Waals surface area contributed by atoms with Crippen LogP contribution in [0.5, 0.6) is 0 Å². The van der Waals surface area contributed by atoms with Gasteiger partial charge in [0, 0.05) is 29.9 Å². The molecule has 0 radical (unpaired) electrons. The third-order valence-corrected chi connectivity index (χ3v) is 14.7. The summed E-state index contributed by atoms with van der Waals surface area (Å²) >= 11 is 0. The van der Waals surface area contributed by atoms with Crippen molar-refractivity contribution in [3.63, 3.8) is 0 Å². The van der Waals surface area contributed by atoms with Crippen molar-refractivity contribution < 1.29 is 30.3 Å². The van der Waals surface area contributed by atoms with E-state index in [-0.39, 0.29) is 48.8 Å².